The summed E-state index contributed by atoms with van der Waals surface area (Å²) < 4.78 is 1.45. The Hall–Kier alpha value is -2.57. The lowest BCUT2D eigenvalue weighted by atomic mass is 10.1. The van der Waals surface area contributed by atoms with Gasteiger partial charge in [0.2, 0.25) is 0 Å². The van der Waals surface area contributed by atoms with Gasteiger partial charge >= 0.3 is 0 Å². The van der Waals surface area contributed by atoms with Gasteiger partial charge in [-0.15, -0.1) is 5.10 Å². The van der Waals surface area contributed by atoms with Gasteiger partial charge in [0.05, 0.1) is 4.92 Å². The van der Waals surface area contributed by atoms with Crippen molar-refractivity contribution >= 4 is 11.8 Å². The van der Waals surface area contributed by atoms with Gasteiger partial charge in [-0.3, -0.25) is 10.1 Å². The van der Waals surface area contributed by atoms with E-state index in [1.54, 1.807) is 19.2 Å². The normalized spacial score (nSPS) is 10.2. The number of non-ortho nitro benzene ring substituents is 1. The van der Waals surface area contributed by atoms with Gasteiger partial charge in [0.25, 0.3) is 5.69 Å². The fourth-order valence-corrected chi connectivity index (χ4v) is 1.46. The minimum atomic E-state index is -0.458. The number of rotatable bonds is 3. The molecular formula is C10H9N5O2. The summed E-state index contributed by atoms with van der Waals surface area (Å²) in [6.45, 7) is 3.60. The van der Waals surface area contributed by atoms with Gasteiger partial charge in [-0.05, 0) is 22.1 Å². The van der Waals surface area contributed by atoms with Crippen LogP contribution in [0.15, 0.2) is 24.8 Å². The zero-order chi connectivity index (χ0) is 12.4. The first-order valence-electron chi connectivity index (χ1n) is 4.76. The van der Waals surface area contributed by atoms with Crippen LogP contribution in [0.5, 0.6) is 0 Å². The Bertz CT molecular complexity index is 590. The van der Waals surface area contributed by atoms with E-state index in [0.717, 1.165) is 0 Å². The number of hydrogen-bond acceptors (Lipinski definition) is 5. The first-order valence-corrected chi connectivity index (χ1v) is 4.76. The molecule has 2 rings (SSSR count). The molecule has 0 amide bonds. The monoisotopic (exact) mass is 231 g/mol. The van der Waals surface area contributed by atoms with Crippen molar-refractivity contribution in [1.82, 2.24) is 20.2 Å². The molecule has 0 aliphatic rings. The second kappa shape index (κ2) is 4.12. The van der Waals surface area contributed by atoms with Gasteiger partial charge in [0.1, 0.15) is 0 Å². The van der Waals surface area contributed by atoms with Gasteiger partial charge in [-0.2, -0.15) is 0 Å². The minimum absolute atomic E-state index is 0.0135. The summed E-state index contributed by atoms with van der Waals surface area (Å²) in [5, 5.41) is 21.8. The summed E-state index contributed by atoms with van der Waals surface area (Å²) >= 11 is 0. The van der Waals surface area contributed by atoms with Crippen LogP contribution in [-0.4, -0.2) is 25.1 Å². The summed E-state index contributed by atoms with van der Waals surface area (Å²) in [6.07, 6.45) is 1.54. The molecule has 0 radical (unpaired) electrons. The van der Waals surface area contributed by atoms with E-state index in [2.05, 4.69) is 22.1 Å². The Morgan fingerprint density at radius 1 is 1.47 bits per heavy atom. The van der Waals surface area contributed by atoms with Crippen molar-refractivity contribution in [3.63, 3.8) is 0 Å². The highest BCUT2D eigenvalue weighted by molar-refractivity contribution is 5.65. The predicted molar refractivity (Wildman–Crippen MR) is 61.0 cm³/mol. The molecule has 7 heteroatoms. The van der Waals surface area contributed by atoms with Crippen LogP contribution < -0.4 is 0 Å². The number of nitro benzene ring substituents is 1. The molecule has 0 saturated heterocycles. The maximum atomic E-state index is 10.8. The third kappa shape index (κ3) is 2.03. The Labute approximate surface area is 96.5 Å². The lowest BCUT2D eigenvalue weighted by Crippen LogP contribution is -1.96. The molecule has 0 saturated carbocycles. The van der Waals surface area contributed by atoms with Crippen LogP contribution in [0.3, 0.4) is 0 Å². The van der Waals surface area contributed by atoms with Crippen LogP contribution in [0.2, 0.25) is 0 Å². The number of tetrazole rings is 1. The van der Waals surface area contributed by atoms with Crippen LogP contribution >= 0.6 is 0 Å². The van der Waals surface area contributed by atoms with Gasteiger partial charge in [-0.25, -0.2) is 4.68 Å². The molecule has 0 aliphatic heterocycles. The standard InChI is InChI=1S/C10H9N5O2/c1-3-7-4-8(6-9(5-7)15(16)17)10-11-12-13-14(10)2/h3-6H,1H2,2H3. The first-order chi connectivity index (χ1) is 8.11. The van der Waals surface area contributed by atoms with Crippen molar-refractivity contribution in [3.05, 3.63) is 40.5 Å². The second-order valence-corrected chi connectivity index (χ2v) is 3.40. The van der Waals surface area contributed by atoms with Crippen LogP contribution in [-0.2, 0) is 7.05 Å². The highest BCUT2D eigenvalue weighted by Gasteiger charge is 2.13. The summed E-state index contributed by atoms with van der Waals surface area (Å²) in [6, 6.07) is 4.62. The van der Waals surface area contributed by atoms with Gasteiger partial charge in [-0.1, -0.05) is 12.7 Å². The number of nitrogens with zero attached hydrogens (tertiary/aromatic N) is 5. The molecule has 1 aromatic carbocycles. The van der Waals surface area contributed by atoms with Crippen LogP contribution in [0.1, 0.15) is 5.56 Å². The van der Waals surface area contributed by atoms with Crippen LogP contribution in [0.4, 0.5) is 5.69 Å². The smallest absolute Gasteiger partial charge is 0.258 e. The predicted octanol–water partition coefficient (Wildman–Crippen LogP) is 1.43. The second-order valence-electron chi connectivity index (χ2n) is 3.40. The molecule has 17 heavy (non-hydrogen) atoms. The SMILES string of the molecule is C=Cc1cc(-c2nnnn2C)cc([N+](=O)[O-])c1. The lowest BCUT2D eigenvalue weighted by Gasteiger charge is -2.01. The molecular weight excluding hydrogens is 222 g/mol. The van der Waals surface area contributed by atoms with Crippen molar-refractivity contribution in [1.29, 1.82) is 0 Å². The molecule has 1 heterocycles. The van der Waals surface area contributed by atoms with E-state index in [-0.39, 0.29) is 5.69 Å². The fraction of sp³-hybridized carbons (Fsp3) is 0.100. The van der Waals surface area contributed by atoms with Crippen LogP contribution in [0, 0.1) is 10.1 Å². The summed E-state index contributed by atoms with van der Waals surface area (Å²) in [7, 11) is 1.67. The third-order valence-corrected chi connectivity index (χ3v) is 2.26. The number of benzene rings is 1. The zero-order valence-corrected chi connectivity index (χ0v) is 9.07. The molecule has 0 N–H and O–H groups in total. The molecule has 7 nitrogen and oxygen atoms in total. The van der Waals surface area contributed by atoms with Crippen molar-refractivity contribution in [2.24, 2.45) is 7.05 Å². The van der Waals surface area contributed by atoms with E-state index in [4.69, 9.17) is 0 Å². The highest BCUT2D eigenvalue weighted by Crippen LogP contribution is 2.24. The molecule has 0 bridgehead atoms. The van der Waals surface area contributed by atoms with E-state index in [1.165, 1.54) is 16.8 Å². The Morgan fingerprint density at radius 3 is 2.76 bits per heavy atom. The van der Waals surface area contributed by atoms with Gasteiger partial charge in [0.15, 0.2) is 5.82 Å². The van der Waals surface area contributed by atoms with Crippen molar-refractivity contribution < 1.29 is 4.92 Å². The molecule has 0 atom stereocenters. The third-order valence-electron chi connectivity index (χ3n) is 2.26. The summed E-state index contributed by atoms with van der Waals surface area (Å²) in [5.74, 6) is 0.469. The van der Waals surface area contributed by atoms with Gasteiger partial charge in [0, 0.05) is 24.7 Å². The number of aryl methyl sites for hydroxylation is 1. The number of nitro groups is 1. The Morgan fingerprint density at radius 2 is 2.24 bits per heavy atom. The van der Waals surface area contributed by atoms with Crippen molar-refractivity contribution in [2.75, 3.05) is 0 Å². The minimum Gasteiger partial charge on any atom is -0.258 e. The largest absolute Gasteiger partial charge is 0.270 e. The molecule has 0 fully saturated rings. The fourth-order valence-electron chi connectivity index (χ4n) is 1.46. The molecule has 0 spiro atoms. The van der Waals surface area contributed by atoms with E-state index < -0.39 is 4.92 Å². The molecule has 1 aromatic heterocycles. The number of aromatic nitrogens is 4. The van der Waals surface area contributed by atoms with Gasteiger partial charge < -0.3 is 0 Å². The molecule has 0 aliphatic carbocycles. The van der Waals surface area contributed by atoms with E-state index >= 15 is 0 Å². The lowest BCUT2D eigenvalue weighted by molar-refractivity contribution is -0.384. The van der Waals surface area contributed by atoms with E-state index in [9.17, 15) is 10.1 Å². The quantitative estimate of drug-likeness (QED) is 0.589. The topological polar surface area (TPSA) is 86.7 Å². The van der Waals surface area contributed by atoms with Crippen molar-refractivity contribution in [2.45, 2.75) is 0 Å². The molecule has 86 valence electrons. The molecule has 2 aromatic rings. The zero-order valence-electron chi connectivity index (χ0n) is 9.07. The average Bonchev–Trinajstić information content (AvgIpc) is 2.74. The Kier molecular flexibility index (Phi) is 2.65. The van der Waals surface area contributed by atoms with E-state index in [0.29, 0.717) is 17.0 Å². The van der Waals surface area contributed by atoms with Crippen LogP contribution in [0.25, 0.3) is 17.5 Å². The summed E-state index contributed by atoms with van der Waals surface area (Å²) in [5.41, 5.74) is 1.22. The first kappa shape index (κ1) is 10.9. The Balaban J connectivity index is 2.62. The van der Waals surface area contributed by atoms with Crippen molar-refractivity contribution in [3.8, 4) is 11.4 Å². The average molecular weight is 231 g/mol. The van der Waals surface area contributed by atoms with E-state index in [1.807, 2.05) is 0 Å². The highest BCUT2D eigenvalue weighted by atomic mass is 16.6. The number of hydrogen-bond donors (Lipinski definition) is 0. The molecule has 0 unspecified atom stereocenters. The summed E-state index contributed by atoms with van der Waals surface area (Å²) in [4.78, 5) is 10.3. The maximum Gasteiger partial charge on any atom is 0.270 e. The maximum absolute atomic E-state index is 10.8.